The maximum absolute atomic E-state index is 11.4. The third-order valence-corrected chi connectivity index (χ3v) is 3.79. The van der Waals surface area contributed by atoms with Gasteiger partial charge in [0, 0.05) is 25.2 Å². The van der Waals surface area contributed by atoms with Crippen molar-refractivity contribution in [3.63, 3.8) is 0 Å². The molecule has 2 heterocycles. The smallest absolute Gasteiger partial charge is 0.333 e. The van der Waals surface area contributed by atoms with Gasteiger partial charge in [-0.1, -0.05) is 0 Å². The van der Waals surface area contributed by atoms with Crippen LogP contribution >= 0.6 is 0 Å². The summed E-state index contributed by atoms with van der Waals surface area (Å²) >= 11 is 0. The number of aryl methyl sites for hydroxylation is 1. The van der Waals surface area contributed by atoms with E-state index in [9.17, 15) is 10.1 Å². The van der Waals surface area contributed by atoms with Crippen molar-refractivity contribution in [1.29, 1.82) is 0 Å². The normalized spacial score (nSPS) is 19.1. The molecule has 1 aromatic rings. The quantitative estimate of drug-likeness (QED) is 0.658. The molecular weight excluding hydrogens is 258 g/mol. The Labute approximate surface area is 119 Å². The highest BCUT2D eigenvalue weighted by Crippen LogP contribution is 2.37. The maximum Gasteiger partial charge on any atom is 0.333 e. The molecule has 0 bridgehead atoms. The van der Waals surface area contributed by atoms with Crippen LogP contribution in [0.1, 0.15) is 38.4 Å². The van der Waals surface area contributed by atoms with Gasteiger partial charge in [-0.2, -0.15) is 5.10 Å². The Kier molecular flexibility index (Phi) is 4.27. The lowest BCUT2D eigenvalue weighted by Gasteiger charge is -2.27. The molecule has 1 atom stereocenters. The fourth-order valence-corrected chi connectivity index (χ4v) is 2.93. The van der Waals surface area contributed by atoms with Gasteiger partial charge in [-0.3, -0.25) is 10.1 Å². The SMILES string of the molecule is CNCC1CCCN1c1c([N+](=O)[O-])c(C)nn1C(C)C. The third kappa shape index (κ3) is 2.49. The van der Waals surface area contributed by atoms with Crippen LogP contribution in [0.2, 0.25) is 0 Å². The Balaban J connectivity index is 2.50. The van der Waals surface area contributed by atoms with Crippen molar-refractivity contribution in [2.24, 2.45) is 0 Å². The molecule has 20 heavy (non-hydrogen) atoms. The molecule has 0 aliphatic carbocycles. The minimum Gasteiger partial charge on any atom is -0.347 e. The first-order chi connectivity index (χ1) is 9.47. The summed E-state index contributed by atoms with van der Waals surface area (Å²) in [5.74, 6) is 0.667. The minimum atomic E-state index is -0.300. The highest BCUT2D eigenvalue weighted by molar-refractivity contribution is 5.62. The molecule has 1 aliphatic heterocycles. The number of hydrogen-bond donors (Lipinski definition) is 1. The summed E-state index contributed by atoms with van der Waals surface area (Å²) in [7, 11) is 1.91. The fourth-order valence-electron chi connectivity index (χ4n) is 2.93. The van der Waals surface area contributed by atoms with E-state index in [4.69, 9.17) is 0 Å². The average molecular weight is 281 g/mol. The van der Waals surface area contributed by atoms with E-state index >= 15 is 0 Å². The Hall–Kier alpha value is -1.63. The summed E-state index contributed by atoms with van der Waals surface area (Å²) in [6.45, 7) is 7.40. The zero-order valence-corrected chi connectivity index (χ0v) is 12.6. The second-order valence-corrected chi connectivity index (χ2v) is 5.60. The van der Waals surface area contributed by atoms with Crippen LogP contribution in [-0.4, -0.2) is 40.9 Å². The number of aromatic nitrogens is 2. The van der Waals surface area contributed by atoms with Crippen LogP contribution in [0.25, 0.3) is 0 Å². The molecule has 7 heteroatoms. The summed E-state index contributed by atoms with van der Waals surface area (Å²) in [5.41, 5.74) is 0.649. The van der Waals surface area contributed by atoms with Crippen LogP contribution in [0.3, 0.4) is 0 Å². The van der Waals surface area contributed by atoms with Gasteiger partial charge in [-0.15, -0.1) is 0 Å². The van der Waals surface area contributed by atoms with Crippen molar-refractivity contribution in [3.8, 4) is 0 Å². The number of likely N-dealkylation sites (N-methyl/N-ethyl adjacent to an activating group) is 1. The Morgan fingerprint density at radius 2 is 2.25 bits per heavy atom. The zero-order chi connectivity index (χ0) is 14.9. The molecule has 1 aromatic heterocycles. The first kappa shape index (κ1) is 14.8. The summed E-state index contributed by atoms with van der Waals surface area (Å²) in [6.07, 6.45) is 2.12. The number of nitrogens with zero attached hydrogens (tertiary/aromatic N) is 4. The highest BCUT2D eigenvalue weighted by atomic mass is 16.6. The number of nitro groups is 1. The molecule has 0 saturated carbocycles. The van der Waals surface area contributed by atoms with Crippen LogP contribution in [-0.2, 0) is 0 Å². The number of hydrogen-bond acceptors (Lipinski definition) is 5. The van der Waals surface area contributed by atoms with Crippen molar-refractivity contribution in [2.75, 3.05) is 25.0 Å². The second-order valence-electron chi connectivity index (χ2n) is 5.60. The van der Waals surface area contributed by atoms with Crippen LogP contribution in [0.15, 0.2) is 0 Å². The molecule has 0 aromatic carbocycles. The molecule has 112 valence electrons. The molecule has 0 radical (unpaired) electrons. The summed E-state index contributed by atoms with van der Waals surface area (Å²) < 4.78 is 1.79. The van der Waals surface area contributed by atoms with Crippen molar-refractivity contribution >= 4 is 11.5 Å². The fraction of sp³-hybridized carbons (Fsp3) is 0.769. The monoisotopic (exact) mass is 281 g/mol. The predicted octanol–water partition coefficient (Wildman–Crippen LogP) is 1.87. The molecule has 1 N–H and O–H groups in total. The van der Waals surface area contributed by atoms with E-state index < -0.39 is 0 Å². The molecule has 1 unspecified atom stereocenters. The standard InChI is InChI=1S/C13H23N5O2/c1-9(2)17-13(12(18(19)20)10(3)15-17)16-7-5-6-11(16)8-14-4/h9,11,14H,5-8H2,1-4H3. The highest BCUT2D eigenvalue weighted by Gasteiger charge is 2.35. The van der Waals surface area contributed by atoms with Gasteiger partial charge in [-0.25, -0.2) is 4.68 Å². The summed E-state index contributed by atoms with van der Waals surface area (Å²) in [4.78, 5) is 13.3. The lowest BCUT2D eigenvalue weighted by Crippen LogP contribution is -2.38. The van der Waals surface area contributed by atoms with Crippen LogP contribution in [0, 0.1) is 17.0 Å². The van der Waals surface area contributed by atoms with Gasteiger partial charge in [0.25, 0.3) is 0 Å². The van der Waals surface area contributed by atoms with Gasteiger partial charge in [0.2, 0.25) is 5.82 Å². The average Bonchev–Trinajstić information content (AvgIpc) is 2.93. The van der Waals surface area contributed by atoms with E-state index in [0.29, 0.717) is 17.6 Å². The topological polar surface area (TPSA) is 76.2 Å². The van der Waals surface area contributed by atoms with Gasteiger partial charge in [0.1, 0.15) is 5.69 Å². The molecule has 1 aliphatic rings. The second kappa shape index (κ2) is 5.78. The molecular formula is C13H23N5O2. The summed E-state index contributed by atoms with van der Waals surface area (Å²) in [6, 6.07) is 0.403. The van der Waals surface area contributed by atoms with E-state index in [0.717, 1.165) is 25.9 Å². The van der Waals surface area contributed by atoms with Crippen molar-refractivity contribution in [3.05, 3.63) is 15.8 Å². The van der Waals surface area contributed by atoms with E-state index in [1.807, 2.05) is 20.9 Å². The van der Waals surface area contributed by atoms with Gasteiger partial charge in [0.15, 0.2) is 0 Å². The molecule has 2 rings (SSSR count). The molecule has 0 amide bonds. The Bertz CT molecular complexity index is 497. The van der Waals surface area contributed by atoms with Gasteiger partial charge in [0.05, 0.1) is 4.92 Å². The number of anilines is 1. The maximum atomic E-state index is 11.4. The zero-order valence-electron chi connectivity index (χ0n) is 12.6. The first-order valence-corrected chi connectivity index (χ1v) is 7.12. The van der Waals surface area contributed by atoms with Crippen LogP contribution in [0.4, 0.5) is 11.5 Å². The number of rotatable bonds is 5. The number of nitrogens with one attached hydrogen (secondary N) is 1. The van der Waals surface area contributed by atoms with Crippen molar-refractivity contribution in [2.45, 2.75) is 45.7 Å². The van der Waals surface area contributed by atoms with E-state index in [-0.39, 0.29) is 16.7 Å². The minimum absolute atomic E-state index is 0.105. The van der Waals surface area contributed by atoms with Crippen molar-refractivity contribution in [1.82, 2.24) is 15.1 Å². The van der Waals surface area contributed by atoms with Crippen LogP contribution in [0.5, 0.6) is 0 Å². The summed E-state index contributed by atoms with van der Waals surface area (Å²) in [5, 5.41) is 19.0. The van der Waals surface area contributed by atoms with Gasteiger partial charge >= 0.3 is 5.69 Å². The van der Waals surface area contributed by atoms with E-state index in [2.05, 4.69) is 15.3 Å². The molecule has 1 fully saturated rings. The lowest BCUT2D eigenvalue weighted by molar-refractivity contribution is -0.384. The molecule has 7 nitrogen and oxygen atoms in total. The lowest BCUT2D eigenvalue weighted by atomic mass is 10.2. The van der Waals surface area contributed by atoms with E-state index in [1.54, 1.807) is 11.6 Å². The Morgan fingerprint density at radius 1 is 1.55 bits per heavy atom. The van der Waals surface area contributed by atoms with E-state index in [1.165, 1.54) is 0 Å². The molecule has 1 saturated heterocycles. The first-order valence-electron chi connectivity index (χ1n) is 7.12. The molecule has 0 spiro atoms. The van der Waals surface area contributed by atoms with Crippen molar-refractivity contribution < 1.29 is 4.92 Å². The Morgan fingerprint density at radius 3 is 2.80 bits per heavy atom. The third-order valence-electron chi connectivity index (χ3n) is 3.79. The largest absolute Gasteiger partial charge is 0.347 e. The van der Waals surface area contributed by atoms with Gasteiger partial charge < -0.3 is 10.2 Å². The van der Waals surface area contributed by atoms with Gasteiger partial charge in [-0.05, 0) is 40.7 Å². The predicted molar refractivity (Wildman–Crippen MR) is 78.3 cm³/mol. The van der Waals surface area contributed by atoms with Crippen LogP contribution < -0.4 is 10.2 Å².